The molecule has 1 aromatic carbocycles. The second-order valence-electron chi connectivity index (χ2n) is 9.41. The van der Waals surface area contributed by atoms with Gasteiger partial charge in [0.1, 0.15) is 5.75 Å². The molecular weight excluding hydrogens is 400 g/mol. The van der Waals surface area contributed by atoms with E-state index < -0.39 is 0 Å². The first-order valence-electron chi connectivity index (χ1n) is 12.1. The van der Waals surface area contributed by atoms with E-state index in [4.69, 9.17) is 4.74 Å². The Hall–Kier alpha value is -2.34. The summed E-state index contributed by atoms with van der Waals surface area (Å²) in [5, 5.41) is 7.90. The highest BCUT2D eigenvalue weighted by Gasteiger charge is 2.23. The molecule has 1 saturated heterocycles. The zero-order valence-corrected chi connectivity index (χ0v) is 20.5. The summed E-state index contributed by atoms with van der Waals surface area (Å²) in [5.41, 5.74) is 4.67. The van der Waals surface area contributed by atoms with Crippen LogP contribution in [0.25, 0.3) is 0 Å². The Kier molecular flexibility index (Phi) is 8.74. The van der Waals surface area contributed by atoms with Gasteiger partial charge in [-0.15, -0.1) is 0 Å². The molecule has 1 aliphatic heterocycles. The Labute approximate surface area is 193 Å². The smallest absolute Gasteiger partial charge is 0.220 e. The molecule has 0 aliphatic carbocycles. The van der Waals surface area contributed by atoms with Crippen LogP contribution in [0, 0.1) is 19.8 Å². The maximum Gasteiger partial charge on any atom is 0.220 e. The topological polar surface area (TPSA) is 59.4 Å². The van der Waals surface area contributed by atoms with Crippen LogP contribution in [0.3, 0.4) is 0 Å². The van der Waals surface area contributed by atoms with Crippen molar-refractivity contribution < 1.29 is 9.53 Å². The number of nitrogens with zero attached hydrogens (tertiary/aromatic N) is 3. The Bertz CT molecular complexity index is 867. The van der Waals surface area contributed by atoms with Gasteiger partial charge in [-0.2, -0.15) is 5.10 Å². The van der Waals surface area contributed by atoms with Crippen LogP contribution in [0.15, 0.2) is 24.3 Å². The molecule has 6 heteroatoms. The molecule has 1 amide bonds. The minimum absolute atomic E-state index is 0.107. The van der Waals surface area contributed by atoms with E-state index in [-0.39, 0.29) is 11.9 Å². The number of hydrogen-bond acceptors (Lipinski definition) is 4. The number of likely N-dealkylation sites (tertiary alicyclic amines) is 1. The molecule has 1 N–H and O–H groups in total. The molecule has 1 aliphatic rings. The molecule has 32 heavy (non-hydrogen) atoms. The first-order valence-corrected chi connectivity index (χ1v) is 12.1. The lowest BCUT2D eigenvalue weighted by Crippen LogP contribution is -2.40. The molecule has 1 atom stereocenters. The lowest BCUT2D eigenvalue weighted by molar-refractivity contribution is -0.121. The minimum Gasteiger partial charge on any atom is -0.497 e. The van der Waals surface area contributed by atoms with Crippen molar-refractivity contribution in [2.75, 3.05) is 26.7 Å². The van der Waals surface area contributed by atoms with Crippen LogP contribution in [0.5, 0.6) is 5.75 Å². The highest BCUT2D eigenvalue weighted by Crippen LogP contribution is 2.26. The number of methoxy groups -OCH3 is 1. The SMILES string of the molecule is COc1ccc(C(CNC(=O)CCc2c(C)nn(CC(C)C)c2C)N2CCCCC2)cc1. The van der Waals surface area contributed by atoms with Crippen LogP contribution in [-0.2, 0) is 17.8 Å². The molecule has 2 aromatic rings. The fraction of sp³-hybridized carbons (Fsp3) is 0.615. The Morgan fingerprint density at radius 2 is 1.81 bits per heavy atom. The molecule has 3 rings (SSSR count). The molecule has 1 unspecified atom stereocenters. The summed E-state index contributed by atoms with van der Waals surface area (Å²) in [6, 6.07) is 8.46. The van der Waals surface area contributed by atoms with Crippen molar-refractivity contribution in [3.63, 3.8) is 0 Å². The second kappa shape index (κ2) is 11.5. The summed E-state index contributed by atoms with van der Waals surface area (Å²) in [5.74, 6) is 1.52. The standard InChI is InChI=1S/C26H40N4O2/c1-19(2)18-30-21(4)24(20(3)28-30)13-14-26(31)27-17-25(29-15-7-6-8-16-29)22-9-11-23(32-5)12-10-22/h9-12,19,25H,6-8,13-18H2,1-5H3,(H,27,31). The van der Waals surface area contributed by atoms with Gasteiger partial charge in [-0.05, 0) is 75.4 Å². The normalized spacial score (nSPS) is 15.7. The zero-order valence-electron chi connectivity index (χ0n) is 20.5. The Morgan fingerprint density at radius 3 is 2.44 bits per heavy atom. The lowest BCUT2D eigenvalue weighted by atomic mass is 10.0. The summed E-state index contributed by atoms with van der Waals surface area (Å²) in [6.07, 6.45) is 4.96. The van der Waals surface area contributed by atoms with E-state index in [9.17, 15) is 4.79 Å². The van der Waals surface area contributed by atoms with Crippen LogP contribution < -0.4 is 10.1 Å². The van der Waals surface area contributed by atoms with Crippen molar-refractivity contribution in [1.29, 1.82) is 0 Å². The monoisotopic (exact) mass is 440 g/mol. The van der Waals surface area contributed by atoms with Gasteiger partial charge < -0.3 is 10.1 Å². The molecule has 0 bridgehead atoms. The van der Waals surface area contributed by atoms with Gasteiger partial charge in [-0.3, -0.25) is 14.4 Å². The number of ether oxygens (including phenoxy) is 1. The summed E-state index contributed by atoms with van der Waals surface area (Å²) in [6.45, 7) is 12.3. The predicted molar refractivity (Wildman–Crippen MR) is 129 cm³/mol. The van der Waals surface area contributed by atoms with Crippen LogP contribution >= 0.6 is 0 Å². The summed E-state index contributed by atoms with van der Waals surface area (Å²) in [7, 11) is 1.69. The molecule has 2 heterocycles. The second-order valence-corrected chi connectivity index (χ2v) is 9.41. The molecule has 0 radical (unpaired) electrons. The van der Waals surface area contributed by atoms with Crippen molar-refractivity contribution in [3.05, 3.63) is 46.8 Å². The molecule has 0 spiro atoms. The van der Waals surface area contributed by atoms with Gasteiger partial charge in [0.2, 0.25) is 5.91 Å². The van der Waals surface area contributed by atoms with Gasteiger partial charge in [0.15, 0.2) is 0 Å². The number of benzene rings is 1. The van der Waals surface area contributed by atoms with Crippen molar-refractivity contribution >= 4 is 5.91 Å². The first-order chi connectivity index (χ1) is 15.4. The number of carbonyl (C=O) groups excluding carboxylic acids is 1. The van der Waals surface area contributed by atoms with E-state index in [0.29, 0.717) is 18.9 Å². The van der Waals surface area contributed by atoms with Crippen LogP contribution in [-0.4, -0.2) is 47.3 Å². The van der Waals surface area contributed by atoms with E-state index in [0.717, 1.165) is 37.5 Å². The predicted octanol–water partition coefficient (Wildman–Crippen LogP) is 4.44. The Morgan fingerprint density at radius 1 is 1.12 bits per heavy atom. The highest BCUT2D eigenvalue weighted by molar-refractivity contribution is 5.76. The first kappa shape index (κ1) is 24.3. The van der Waals surface area contributed by atoms with Crippen molar-refractivity contribution in [2.24, 2.45) is 5.92 Å². The van der Waals surface area contributed by atoms with Crippen molar-refractivity contribution in [3.8, 4) is 5.75 Å². The van der Waals surface area contributed by atoms with Crippen molar-refractivity contribution in [2.45, 2.75) is 72.4 Å². The third-order valence-electron chi connectivity index (χ3n) is 6.50. The summed E-state index contributed by atoms with van der Waals surface area (Å²) < 4.78 is 7.41. The lowest BCUT2D eigenvalue weighted by Gasteiger charge is -2.35. The van der Waals surface area contributed by atoms with Crippen LogP contribution in [0.2, 0.25) is 0 Å². The quantitative estimate of drug-likeness (QED) is 0.593. The van der Waals surface area contributed by atoms with Gasteiger partial charge in [0, 0.05) is 25.2 Å². The minimum atomic E-state index is 0.107. The Balaban J connectivity index is 1.60. The number of hydrogen-bond donors (Lipinski definition) is 1. The molecule has 176 valence electrons. The largest absolute Gasteiger partial charge is 0.497 e. The van der Waals surface area contributed by atoms with Gasteiger partial charge in [-0.1, -0.05) is 32.4 Å². The molecular formula is C26H40N4O2. The number of rotatable bonds is 10. The molecule has 1 fully saturated rings. The van der Waals surface area contributed by atoms with Crippen LogP contribution in [0.4, 0.5) is 0 Å². The molecule has 6 nitrogen and oxygen atoms in total. The number of carbonyl (C=O) groups is 1. The maximum absolute atomic E-state index is 12.8. The number of nitrogens with one attached hydrogen (secondary N) is 1. The third-order valence-corrected chi connectivity index (χ3v) is 6.50. The van der Waals surface area contributed by atoms with Gasteiger partial charge in [-0.25, -0.2) is 0 Å². The fourth-order valence-electron chi connectivity index (χ4n) is 4.67. The average molecular weight is 441 g/mol. The average Bonchev–Trinajstić information content (AvgIpc) is 3.05. The van der Waals surface area contributed by atoms with Crippen molar-refractivity contribution in [1.82, 2.24) is 20.0 Å². The summed E-state index contributed by atoms with van der Waals surface area (Å²) >= 11 is 0. The molecule has 0 saturated carbocycles. The molecule has 1 aromatic heterocycles. The van der Waals surface area contributed by atoms with E-state index in [1.54, 1.807) is 7.11 Å². The number of aromatic nitrogens is 2. The van der Waals surface area contributed by atoms with E-state index in [1.165, 1.54) is 36.1 Å². The fourth-order valence-corrected chi connectivity index (χ4v) is 4.67. The maximum atomic E-state index is 12.8. The highest BCUT2D eigenvalue weighted by atomic mass is 16.5. The van der Waals surface area contributed by atoms with E-state index in [1.807, 2.05) is 19.1 Å². The van der Waals surface area contributed by atoms with Gasteiger partial charge in [0.05, 0.1) is 18.8 Å². The van der Waals surface area contributed by atoms with E-state index in [2.05, 4.69) is 52.9 Å². The van der Waals surface area contributed by atoms with Gasteiger partial charge in [0.25, 0.3) is 0 Å². The number of piperidine rings is 1. The number of amides is 1. The van der Waals surface area contributed by atoms with E-state index >= 15 is 0 Å². The number of aryl methyl sites for hydroxylation is 1. The van der Waals surface area contributed by atoms with Gasteiger partial charge >= 0.3 is 0 Å². The summed E-state index contributed by atoms with van der Waals surface area (Å²) in [4.78, 5) is 15.3. The van der Waals surface area contributed by atoms with Crippen LogP contribution in [0.1, 0.15) is 68.1 Å². The zero-order chi connectivity index (χ0) is 23.1. The third kappa shape index (κ3) is 6.35.